The van der Waals surface area contributed by atoms with Crippen molar-refractivity contribution in [3.8, 4) is 12.1 Å². The van der Waals surface area contributed by atoms with Crippen molar-refractivity contribution in [3.63, 3.8) is 0 Å². The van der Waals surface area contributed by atoms with Gasteiger partial charge in [-0.2, -0.15) is 10.5 Å². The predicted octanol–water partition coefficient (Wildman–Crippen LogP) is 2.53. The highest BCUT2D eigenvalue weighted by atomic mass is 32.2. The summed E-state index contributed by atoms with van der Waals surface area (Å²) in [6.07, 6.45) is 0. The Kier molecular flexibility index (Phi) is 2.71. The van der Waals surface area contributed by atoms with Crippen molar-refractivity contribution < 1.29 is 0 Å². The van der Waals surface area contributed by atoms with Crippen LogP contribution < -0.4 is 0 Å². The number of fused-ring (bicyclic) bond motifs is 1. The Hall–Kier alpha value is -1.78. The van der Waals surface area contributed by atoms with Crippen LogP contribution in [0.3, 0.4) is 0 Å². The van der Waals surface area contributed by atoms with Crippen LogP contribution in [0.4, 0.5) is 5.69 Å². The van der Waals surface area contributed by atoms with Gasteiger partial charge in [-0.3, -0.25) is 4.99 Å². The van der Waals surface area contributed by atoms with E-state index in [1.165, 1.54) is 0 Å². The van der Waals surface area contributed by atoms with Gasteiger partial charge >= 0.3 is 0 Å². The number of para-hydroxylation sites is 1. The van der Waals surface area contributed by atoms with Crippen LogP contribution in [0.25, 0.3) is 0 Å². The van der Waals surface area contributed by atoms with Crippen molar-refractivity contribution in [2.75, 3.05) is 5.75 Å². The molecular weight excluding hydrogens is 206 g/mol. The van der Waals surface area contributed by atoms with Gasteiger partial charge < -0.3 is 0 Å². The summed E-state index contributed by atoms with van der Waals surface area (Å²) >= 11 is 1.62. The van der Waals surface area contributed by atoms with E-state index in [1.54, 1.807) is 11.8 Å². The first-order valence-corrected chi connectivity index (χ1v) is 5.42. The fourth-order valence-electron chi connectivity index (χ4n) is 1.34. The molecule has 0 spiro atoms. The van der Waals surface area contributed by atoms with Crippen molar-refractivity contribution in [3.05, 3.63) is 24.3 Å². The van der Waals surface area contributed by atoms with Crippen molar-refractivity contribution in [1.29, 1.82) is 10.5 Å². The number of hydrogen-bond acceptors (Lipinski definition) is 4. The molecule has 0 radical (unpaired) electrons. The van der Waals surface area contributed by atoms with E-state index in [4.69, 9.17) is 10.5 Å². The van der Waals surface area contributed by atoms with Crippen LogP contribution in [0.1, 0.15) is 0 Å². The summed E-state index contributed by atoms with van der Waals surface area (Å²) in [7, 11) is 0. The smallest absolute Gasteiger partial charge is 0.172 e. The zero-order valence-corrected chi connectivity index (χ0v) is 8.66. The van der Waals surface area contributed by atoms with Gasteiger partial charge in [0.05, 0.1) is 23.5 Å². The second kappa shape index (κ2) is 4.16. The molecule has 4 heteroatoms. The van der Waals surface area contributed by atoms with Crippen LogP contribution in [0, 0.1) is 28.6 Å². The van der Waals surface area contributed by atoms with E-state index < -0.39 is 5.92 Å². The van der Waals surface area contributed by atoms with Crippen molar-refractivity contribution in [2.45, 2.75) is 4.90 Å². The first-order valence-electron chi connectivity index (χ1n) is 4.43. The zero-order valence-electron chi connectivity index (χ0n) is 7.84. The van der Waals surface area contributed by atoms with Crippen LogP contribution in [0.15, 0.2) is 34.2 Å². The average molecular weight is 213 g/mol. The normalized spacial score (nSPS) is 13.7. The molecule has 1 aromatic carbocycles. The summed E-state index contributed by atoms with van der Waals surface area (Å²) in [6.45, 7) is 0. The van der Waals surface area contributed by atoms with E-state index in [2.05, 4.69) is 4.99 Å². The van der Waals surface area contributed by atoms with E-state index >= 15 is 0 Å². The van der Waals surface area contributed by atoms with E-state index in [-0.39, 0.29) is 0 Å². The van der Waals surface area contributed by atoms with Gasteiger partial charge in [-0.05, 0) is 12.1 Å². The molecule has 0 amide bonds. The summed E-state index contributed by atoms with van der Waals surface area (Å²) in [5, 5.41) is 17.5. The third-order valence-corrected chi connectivity index (χ3v) is 3.19. The van der Waals surface area contributed by atoms with Gasteiger partial charge in [-0.25, -0.2) is 0 Å². The summed E-state index contributed by atoms with van der Waals surface area (Å²) in [5.41, 5.74) is 1.52. The third kappa shape index (κ3) is 1.86. The molecule has 1 aliphatic heterocycles. The predicted molar refractivity (Wildman–Crippen MR) is 59.0 cm³/mol. The lowest BCUT2D eigenvalue weighted by Gasteiger charge is -2.14. The first-order chi connectivity index (χ1) is 7.35. The van der Waals surface area contributed by atoms with Gasteiger partial charge in [0, 0.05) is 10.6 Å². The standard InChI is InChI=1S/C11H7N3S/c12-5-8(6-13)10-7-15-11-4-2-1-3-9(11)14-10/h1-4,8H,7H2. The monoisotopic (exact) mass is 213 g/mol. The number of aliphatic imine (C=N–C) groups is 1. The number of nitrogens with zero attached hydrogens (tertiary/aromatic N) is 3. The molecule has 2 rings (SSSR count). The summed E-state index contributed by atoms with van der Waals surface area (Å²) in [6, 6.07) is 11.6. The number of hydrogen-bond donors (Lipinski definition) is 0. The van der Waals surface area contributed by atoms with Gasteiger partial charge in [0.2, 0.25) is 0 Å². The lowest BCUT2D eigenvalue weighted by atomic mass is 10.1. The number of thioether (sulfide) groups is 1. The quantitative estimate of drug-likeness (QED) is 0.720. The van der Waals surface area contributed by atoms with Crippen LogP contribution >= 0.6 is 11.8 Å². The Morgan fingerprint density at radius 3 is 2.73 bits per heavy atom. The van der Waals surface area contributed by atoms with Crippen molar-refractivity contribution in [2.24, 2.45) is 10.9 Å². The van der Waals surface area contributed by atoms with Crippen LogP contribution in [-0.2, 0) is 0 Å². The summed E-state index contributed by atoms with van der Waals surface area (Å²) in [5.74, 6) is -0.0890. The van der Waals surface area contributed by atoms with E-state index in [0.29, 0.717) is 11.5 Å². The third-order valence-electron chi connectivity index (χ3n) is 2.10. The van der Waals surface area contributed by atoms with Gasteiger partial charge in [-0.1, -0.05) is 12.1 Å². The molecule has 0 N–H and O–H groups in total. The summed E-state index contributed by atoms with van der Waals surface area (Å²) < 4.78 is 0. The molecule has 0 aliphatic carbocycles. The maximum atomic E-state index is 8.76. The van der Waals surface area contributed by atoms with Gasteiger partial charge in [-0.15, -0.1) is 11.8 Å². The molecule has 0 saturated heterocycles. The maximum absolute atomic E-state index is 8.76. The molecule has 72 valence electrons. The second-order valence-electron chi connectivity index (χ2n) is 3.05. The van der Waals surface area contributed by atoms with E-state index in [0.717, 1.165) is 10.6 Å². The minimum Gasteiger partial charge on any atom is -0.253 e. The largest absolute Gasteiger partial charge is 0.253 e. The van der Waals surface area contributed by atoms with Crippen molar-refractivity contribution in [1.82, 2.24) is 0 Å². The Balaban J connectivity index is 2.39. The van der Waals surface area contributed by atoms with Gasteiger partial charge in [0.25, 0.3) is 0 Å². The van der Waals surface area contributed by atoms with E-state index in [9.17, 15) is 0 Å². The fraction of sp³-hybridized carbons (Fsp3) is 0.182. The molecule has 0 atom stereocenters. The summed E-state index contributed by atoms with van der Waals surface area (Å²) in [4.78, 5) is 5.45. The Labute approximate surface area is 92.1 Å². The SMILES string of the molecule is N#CC(C#N)C1=Nc2ccccc2SC1. The molecular formula is C11H7N3S. The molecule has 15 heavy (non-hydrogen) atoms. The zero-order chi connectivity index (χ0) is 10.7. The number of benzene rings is 1. The van der Waals surface area contributed by atoms with Crippen molar-refractivity contribution >= 4 is 23.2 Å². The second-order valence-corrected chi connectivity index (χ2v) is 4.07. The van der Waals surface area contributed by atoms with Crippen LogP contribution in [-0.4, -0.2) is 11.5 Å². The molecule has 1 aliphatic rings. The number of rotatable bonds is 1. The average Bonchev–Trinajstić information content (AvgIpc) is 2.30. The molecule has 1 aromatic rings. The lowest BCUT2D eigenvalue weighted by molar-refractivity contribution is 1.12. The molecule has 0 bridgehead atoms. The maximum Gasteiger partial charge on any atom is 0.172 e. The Morgan fingerprint density at radius 1 is 1.27 bits per heavy atom. The molecule has 0 aromatic heterocycles. The van der Waals surface area contributed by atoms with Crippen LogP contribution in [0.5, 0.6) is 0 Å². The lowest BCUT2D eigenvalue weighted by Crippen LogP contribution is -2.15. The molecule has 0 unspecified atom stereocenters. The first kappa shape index (κ1) is 9.76. The highest BCUT2D eigenvalue weighted by Crippen LogP contribution is 2.34. The minimum absolute atomic E-state index is 0.628. The highest BCUT2D eigenvalue weighted by Gasteiger charge is 2.19. The molecule has 1 heterocycles. The Bertz CT molecular complexity index is 479. The molecule has 0 saturated carbocycles. The van der Waals surface area contributed by atoms with E-state index in [1.807, 2.05) is 36.4 Å². The molecule has 3 nitrogen and oxygen atoms in total. The topological polar surface area (TPSA) is 59.9 Å². The minimum atomic E-state index is -0.717. The molecule has 0 fully saturated rings. The van der Waals surface area contributed by atoms with Crippen LogP contribution in [0.2, 0.25) is 0 Å². The number of nitriles is 2. The van der Waals surface area contributed by atoms with Gasteiger partial charge in [0.15, 0.2) is 5.92 Å². The van der Waals surface area contributed by atoms with Gasteiger partial charge in [0.1, 0.15) is 0 Å². The fourth-order valence-corrected chi connectivity index (χ4v) is 2.31. The highest BCUT2D eigenvalue weighted by molar-refractivity contribution is 8.00. The Morgan fingerprint density at radius 2 is 2.00 bits per heavy atom.